The number of aliphatic imine (C=N–C) groups is 1. The van der Waals surface area contributed by atoms with E-state index < -0.39 is 0 Å². The molecule has 0 aliphatic carbocycles. The van der Waals surface area contributed by atoms with Crippen LogP contribution >= 0.6 is 34.7 Å². The summed E-state index contributed by atoms with van der Waals surface area (Å²) in [4.78, 5) is 9.24. The van der Waals surface area contributed by atoms with Crippen LogP contribution in [0.25, 0.3) is 10.2 Å². The molecule has 0 bridgehead atoms. The molecule has 1 N–H and O–H groups in total. The standard InChI is InChI=1S/C14H15ClN2O3S2/c1-19-14(20-5-4-15)10-7-21-12(17-10)13-16-9-3-2-8(18)6-11(9)22-13/h2-3,6,10,14,18H,4-5,7H2,1H3. The Morgan fingerprint density at radius 3 is 3.14 bits per heavy atom. The molecular formula is C14H15ClN2O3S2. The molecule has 1 aliphatic heterocycles. The number of benzene rings is 1. The van der Waals surface area contributed by atoms with Crippen LogP contribution in [-0.2, 0) is 9.47 Å². The molecular weight excluding hydrogens is 344 g/mol. The molecule has 2 atom stereocenters. The third-order valence-corrected chi connectivity index (χ3v) is 5.52. The predicted molar refractivity (Wildman–Crippen MR) is 91.5 cm³/mol. The fraction of sp³-hybridized carbons (Fsp3) is 0.429. The maximum Gasteiger partial charge on any atom is 0.180 e. The number of phenolic OH excluding ortho intramolecular Hbond substituents is 1. The average Bonchev–Trinajstić information content (AvgIpc) is 3.14. The summed E-state index contributed by atoms with van der Waals surface area (Å²) < 4.78 is 11.9. The lowest BCUT2D eigenvalue weighted by molar-refractivity contribution is -0.127. The minimum absolute atomic E-state index is 0.0615. The van der Waals surface area contributed by atoms with Crippen molar-refractivity contribution in [1.29, 1.82) is 0 Å². The molecule has 0 saturated heterocycles. The number of nitrogens with zero attached hydrogens (tertiary/aromatic N) is 2. The Morgan fingerprint density at radius 1 is 1.50 bits per heavy atom. The molecule has 0 radical (unpaired) electrons. The first-order valence-corrected chi connectivity index (χ1v) is 9.06. The Bertz CT molecular complexity index is 692. The van der Waals surface area contributed by atoms with Crippen molar-refractivity contribution in [2.24, 2.45) is 4.99 Å². The van der Waals surface area contributed by atoms with E-state index in [1.807, 2.05) is 6.07 Å². The lowest BCUT2D eigenvalue weighted by atomic mass is 10.3. The van der Waals surface area contributed by atoms with E-state index in [0.29, 0.717) is 12.5 Å². The molecule has 2 heterocycles. The summed E-state index contributed by atoms with van der Waals surface area (Å²) in [5.41, 5.74) is 0.867. The van der Waals surface area contributed by atoms with Gasteiger partial charge in [-0.05, 0) is 18.2 Å². The van der Waals surface area contributed by atoms with Gasteiger partial charge in [0.25, 0.3) is 0 Å². The molecule has 1 aromatic carbocycles. The average molecular weight is 359 g/mol. The fourth-order valence-electron chi connectivity index (χ4n) is 2.15. The van der Waals surface area contributed by atoms with Crippen LogP contribution in [0.2, 0.25) is 0 Å². The highest BCUT2D eigenvalue weighted by Crippen LogP contribution is 2.32. The SMILES string of the molecule is COC(OCCCl)C1CSC(c2nc3ccc(O)cc3s2)=N1. The van der Waals surface area contributed by atoms with Crippen molar-refractivity contribution >= 4 is 50.0 Å². The van der Waals surface area contributed by atoms with Crippen molar-refractivity contribution in [1.82, 2.24) is 4.98 Å². The lowest BCUT2D eigenvalue weighted by Crippen LogP contribution is -2.30. The van der Waals surface area contributed by atoms with E-state index in [4.69, 9.17) is 21.1 Å². The van der Waals surface area contributed by atoms with E-state index in [1.165, 1.54) is 11.3 Å². The Labute approximate surface area is 141 Å². The molecule has 1 aliphatic rings. The number of rotatable bonds is 6. The van der Waals surface area contributed by atoms with Crippen LogP contribution < -0.4 is 0 Å². The van der Waals surface area contributed by atoms with Crippen LogP contribution in [0.1, 0.15) is 5.01 Å². The number of thiazole rings is 1. The number of thioether (sulfide) groups is 1. The number of fused-ring (bicyclic) bond motifs is 1. The van der Waals surface area contributed by atoms with E-state index in [0.717, 1.165) is 26.0 Å². The highest BCUT2D eigenvalue weighted by atomic mass is 35.5. The van der Waals surface area contributed by atoms with Crippen molar-refractivity contribution in [2.75, 3.05) is 25.3 Å². The van der Waals surface area contributed by atoms with Gasteiger partial charge in [-0.1, -0.05) is 0 Å². The fourth-order valence-corrected chi connectivity index (χ4v) is 4.37. The van der Waals surface area contributed by atoms with Crippen molar-refractivity contribution in [3.05, 3.63) is 23.2 Å². The molecule has 118 valence electrons. The maximum atomic E-state index is 9.53. The largest absolute Gasteiger partial charge is 0.508 e. The zero-order valence-corrected chi connectivity index (χ0v) is 14.2. The normalized spacial score (nSPS) is 19.5. The van der Waals surface area contributed by atoms with Gasteiger partial charge in [0.2, 0.25) is 0 Å². The number of hydrogen-bond acceptors (Lipinski definition) is 7. The molecule has 0 fully saturated rings. The van der Waals surface area contributed by atoms with Gasteiger partial charge in [-0.15, -0.1) is 34.7 Å². The zero-order valence-electron chi connectivity index (χ0n) is 11.9. The summed E-state index contributed by atoms with van der Waals surface area (Å²) in [5, 5.41) is 11.3. The van der Waals surface area contributed by atoms with Gasteiger partial charge in [0.1, 0.15) is 21.8 Å². The Hall–Kier alpha value is -0.860. The lowest BCUT2D eigenvalue weighted by Gasteiger charge is -2.19. The molecule has 8 heteroatoms. The van der Waals surface area contributed by atoms with Gasteiger partial charge in [0.15, 0.2) is 6.29 Å². The highest BCUT2D eigenvalue weighted by Gasteiger charge is 2.29. The molecule has 0 amide bonds. The van der Waals surface area contributed by atoms with E-state index >= 15 is 0 Å². The second-order valence-electron chi connectivity index (χ2n) is 4.65. The Morgan fingerprint density at radius 2 is 2.36 bits per heavy atom. The third-order valence-electron chi connectivity index (χ3n) is 3.13. The van der Waals surface area contributed by atoms with Crippen LogP contribution in [0.4, 0.5) is 0 Å². The van der Waals surface area contributed by atoms with Gasteiger partial charge in [-0.25, -0.2) is 4.98 Å². The monoisotopic (exact) mass is 358 g/mol. The van der Waals surface area contributed by atoms with Crippen molar-refractivity contribution in [3.63, 3.8) is 0 Å². The van der Waals surface area contributed by atoms with E-state index in [-0.39, 0.29) is 18.1 Å². The van der Waals surface area contributed by atoms with E-state index in [2.05, 4.69) is 9.98 Å². The van der Waals surface area contributed by atoms with Crippen LogP contribution in [0.15, 0.2) is 23.2 Å². The van der Waals surface area contributed by atoms with Crippen LogP contribution in [0, 0.1) is 0 Å². The molecule has 0 saturated carbocycles. The number of phenols is 1. The van der Waals surface area contributed by atoms with Crippen LogP contribution in [0.3, 0.4) is 0 Å². The van der Waals surface area contributed by atoms with E-state index in [9.17, 15) is 5.11 Å². The van der Waals surface area contributed by atoms with Gasteiger partial charge in [-0.3, -0.25) is 4.99 Å². The summed E-state index contributed by atoms with van der Waals surface area (Å²) in [5.74, 6) is 1.46. The maximum absolute atomic E-state index is 9.53. The van der Waals surface area contributed by atoms with Gasteiger partial charge in [-0.2, -0.15) is 0 Å². The molecule has 2 unspecified atom stereocenters. The summed E-state index contributed by atoms with van der Waals surface area (Å²) in [6, 6.07) is 5.10. The number of aromatic nitrogens is 1. The molecule has 0 spiro atoms. The van der Waals surface area contributed by atoms with E-state index in [1.54, 1.807) is 31.0 Å². The summed E-state index contributed by atoms with van der Waals surface area (Å²) in [6.07, 6.45) is -0.387. The van der Waals surface area contributed by atoms with Gasteiger partial charge in [0.05, 0.1) is 16.8 Å². The van der Waals surface area contributed by atoms with Gasteiger partial charge in [0, 0.05) is 18.7 Å². The van der Waals surface area contributed by atoms with Crippen molar-refractivity contribution < 1.29 is 14.6 Å². The van der Waals surface area contributed by atoms with Gasteiger partial charge >= 0.3 is 0 Å². The molecule has 5 nitrogen and oxygen atoms in total. The number of ether oxygens (including phenoxy) is 2. The van der Waals surface area contributed by atoms with Crippen molar-refractivity contribution in [2.45, 2.75) is 12.3 Å². The number of aromatic hydroxyl groups is 1. The molecule has 22 heavy (non-hydrogen) atoms. The topological polar surface area (TPSA) is 63.9 Å². The molecule has 1 aromatic heterocycles. The highest BCUT2D eigenvalue weighted by molar-refractivity contribution is 8.15. The summed E-state index contributed by atoms with van der Waals surface area (Å²) in [6.45, 7) is 0.437. The third kappa shape index (κ3) is 3.38. The van der Waals surface area contributed by atoms with Crippen LogP contribution in [0.5, 0.6) is 5.75 Å². The quantitative estimate of drug-likeness (QED) is 0.635. The predicted octanol–water partition coefficient (Wildman–Crippen LogP) is 3.09. The number of alkyl halides is 1. The number of methoxy groups -OCH3 is 1. The second kappa shape index (κ2) is 7.14. The number of halogens is 1. The Balaban J connectivity index is 1.80. The molecule has 3 rings (SSSR count). The smallest absolute Gasteiger partial charge is 0.180 e. The van der Waals surface area contributed by atoms with Crippen LogP contribution in [-0.4, -0.2) is 52.8 Å². The minimum Gasteiger partial charge on any atom is -0.508 e. The summed E-state index contributed by atoms with van der Waals surface area (Å²) in [7, 11) is 1.61. The number of hydrogen-bond donors (Lipinski definition) is 1. The second-order valence-corrected chi connectivity index (χ2v) is 7.06. The minimum atomic E-state index is -0.387. The molecule has 2 aromatic rings. The first-order valence-electron chi connectivity index (χ1n) is 6.72. The first-order chi connectivity index (χ1) is 10.7. The summed E-state index contributed by atoms with van der Waals surface area (Å²) >= 11 is 8.81. The zero-order chi connectivity index (χ0) is 15.5. The first kappa shape index (κ1) is 16.0. The van der Waals surface area contributed by atoms with Crippen molar-refractivity contribution in [3.8, 4) is 5.75 Å². The van der Waals surface area contributed by atoms with Gasteiger partial charge < -0.3 is 14.6 Å². The Kier molecular flexibility index (Phi) is 5.20.